The molecule has 1 atom stereocenters. The van der Waals surface area contributed by atoms with Gasteiger partial charge in [0.1, 0.15) is 0 Å². The zero-order chi connectivity index (χ0) is 12.4. The molecule has 0 fully saturated rings. The molecule has 17 heavy (non-hydrogen) atoms. The molecule has 0 spiro atoms. The Morgan fingerprint density at radius 1 is 1.18 bits per heavy atom. The fourth-order valence-electron chi connectivity index (χ4n) is 2.16. The molecule has 1 N–H and O–H groups in total. The van der Waals surface area contributed by atoms with Crippen LogP contribution in [0.25, 0.3) is 0 Å². The van der Waals surface area contributed by atoms with E-state index < -0.39 is 0 Å². The van der Waals surface area contributed by atoms with Gasteiger partial charge in [-0.2, -0.15) is 0 Å². The molecule has 0 aliphatic heterocycles. The van der Waals surface area contributed by atoms with Gasteiger partial charge < -0.3 is 5.32 Å². The standard InChI is InChI=1S/C14H18N2S/c1-9-5-6-17-14(9)13(15-4)12-7-10(2)16-11(3)8-12/h5-8,13,15H,1-4H3. The lowest BCUT2D eigenvalue weighted by atomic mass is 10.0. The minimum Gasteiger partial charge on any atom is -0.309 e. The summed E-state index contributed by atoms with van der Waals surface area (Å²) in [6.07, 6.45) is 0. The van der Waals surface area contributed by atoms with Gasteiger partial charge in [-0.05, 0) is 62.5 Å². The van der Waals surface area contributed by atoms with Crippen molar-refractivity contribution in [2.75, 3.05) is 7.05 Å². The second-order valence-electron chi connectivity index (χ2n) is 4.37. The number of aryl methyl sites for hydroxylation is 3. The molecule has 2 aromatic rings. The molecule has 0 bridgehead atoms. The Hall–Kier alpha value is -1.19. The topological polar surface area (TPSA) is 24.9 Å². The monoisotopic (exact) mass is 246 g/mol. The summed E-state index contributed by atoms with van der Waals surface area (Å²) in [5.74, 6) is 0. The normalized spacial score (nSPS) is 12.7. The first kappa shape index (κ1) is 12.3. The predicted molar refractivity (Wildman–Crippen MR) is 73.7 cm³/mol. The first-order chi connectivity index (χ1) is 8.11. The first-order valence-electron chi connectivity index (χ1n) is 5.78. The molecule has 2 nitrogen and oxygen atoms in total. The molecule has 0 aliphatic carbocycles. The van der Waals surface area contributed by atoms with E-state index >= 15 is 0 Å². The van der Waals surface area contributed by atoms with E-state index in [9.17, 15) is 0 Å². The lowest BCUT2D eigenvalue weighted by Crippen LogP contribution is -2.17. The van der Waals surface area contributed by atoms with Crippen LogP contribution in [0.4, 0.5) is 0 Å². The van der Waals surface area contributed by atoms with Gasteiger partial charge in [-0.25, -0.2) is 0 Å². The Kier molecular flexibility index (Phi) is 3.60. The smallest absolute Gasteiger partial charge is 0.0672 e. The summed E-state index contributed by atoms with van der Waals surface area (Å²) in [6, 6.07) is 6.77. The van der Waals surface area contributed by atoms with E-state index in [1.807, 2.05) is 20.9 Å². The Labute approximate surface area is 107 Å². The van der Waals surface area contributed by atoms with Crippen LogP contribution in [0.3, 0.4) is 0 Å². The quantitative estimate of drug-likeness (QED) is 0.898. The summed E-state index contributed by atoms with van der Waals surface area (Å²) >= 11 is 1.81. The van der Waals surface area contributed by atoms with Crippen molar-refractivity contribution in [3.63, 3.8) is 0 Å². The third-order valence-electron chi connectivity index (χ3n) is 2.89. The van der Waals surface area contributed by atoms with E-state index in [0.29, 0.717) is 0 Å². The summed E-state index contributed by atoms with van der Waals surface area (Å²) in [5, 5.41) is 5.55. The van der Waals surface area contributed by atoms with Crippen LogP contribution in [-0.4, -0.2) is 12.0 Å². The minimum absolute atomic E-state index is 0.274. The van der Waals surface area contributed by atoms with Crippen LogP contribution >= 0.6 is 11.3 Å². The van der Waals surface area contributed by atoms with E-state index in [2.05, 4.69) is 40.8 Å². The summed E-state index contributed by atoms with van der Waals surface area (Å²) in [7, 11) is 2.01. The molecule has 1 unspecified atom stereocenters. The van der Waals surface area contributed by atoms with Gasteiger partial charge in [-0.3, -0.25) is 4.98 Å². The van der Waals surface area contributed by atoms with Gasteiger partial charge >= 0.3 is 0 Å². The van der Waals surface area contributed by atoms with Crippen molar-refractivity contribution < 1.29 is 0 Å². The number of nitrogens with zero attached hydrogens (tertiary/aromatic N) is 1. The number of rotatable bonds is 3. The Morgan fingerprint density at radius 2 is 1.82 bits per heavy atom. The van der Waals surface area contributed by atoms with Crippen molar-refractivity contribution in [1.29, 1.82) is 0 Å². The maximum Gasteiger partial charge on any atom is 0.0672 e. The van der Waals surface area contributed by atoms with Crippen molar-refractivity contribution in [3.8, 4) is 0 Å². The number of thiophene rings is 1. The van der Waals surface area contributed by atoms with Gasteiger partial charge in [0.25, 0.3) is 0 Å². The fourth-order valence-corrected chi connectivity index (χ4v) is 3.23. The molecular formula is C14H18N2S. The van der Waals surface area contributed by atoms with Crippen LogP contribution in [-0.2, 0) is 0 Å². The largest absolute Gasteiger partial charge is 0.309 e. The third-order valence-corrected chi connectivity index (χ3v) is 3.97. The lowest BCUT2D eigenvalue weighted by Gasteiger charge is -2.17. The first-order valence-corrected chi connectivity index (χ1v) is 6.66. The van der Waals surface area contributed by atoms with Crippen LogP contribution in [0, 0.1) is 20.8 Å². The zero-order valence-corrected chi connectivity index (χ0v) is 11.6. The van der Waals surface area contributed by atoms with E-state index in [1.54, 1.807) is 11.3 Å². The molecule has 2 heterocycles. The summed E-state index contributed by atoms with van der Waals surface area (Å²) < 4.78 is 0. The maximum atomic E-state index is 4.43. The minimum atomic E-state index is 0.274. The Morgan fingerprint density at radius 3 is 2.29 bits per heavy atom. The van der Waals surface area contributed by atoms with E-state index in [-0.39, 0.29) is 6.04 Å². The van der Waals surface area contributed by atoms with Crippen LogP contribution in [0.5, 0.6) is 0 Å². The second-order valence-corrected chi connectivity index (χ2v) is 5.32. The number of hydrogen-bond donors (Lipinski definition) is 1. The van der Waals surface area contributed by atoms with Gasteiger partial charge in [-0.15, -0.1) is 11.3 Å². The molecule has 0 amide bonds. The molecule has 0 radical (unpaired) electrons. The van der Waals surface area contributed by atoms with Crippen molar-refractivity contribution in [2.24, 2.45) is 0 Å². The van der Waals surface area contributed by atoms with Crippen LogP contribution in [0.15, 0.2) is 23.6 Å². The van der Waals surface area contributed by atoms with Gasteiger partial charge in [0, 0.05) is 16.3 Å². The average Bonchev–Trinajstić information content (AvgIpc) is 2.65. The number of aromatic nitrogens is 1. The van der Waals surface area contributed by atoms with Crippen molar-refractivity contribution >= 4 is 11.3 Å². The molecule has 90 valence electrons. The van der Waals surface area contributed by atoms with Crippen molar-refractivity contribution in [2.45, 2.75) is 26.8 Å². The Balaban J connectivity index is 2.45. The lowest BCUT2D eigenvalue weighted by molar-refractivity contribution is 0.697. The molecule has 0 aliphatic rings. The van der Waals surface area contributed by atoms with E-state index in [1.165, 1.54) is 16.0 Å². The number of hydrogen-bond acceptors (Lipinski definition) is 3. The molecular weight excluding hydrogens is 228 g/mol. The zero-order valence-electron chi connectivity index (χ0n) is 10.7. The van der Waals surface area contributed by atoms with Crippen LogP contribution < -0.4 is 5.32 Å². The van der Waals surface area contributed by atoms with Gasteiger partial charge in [0.2, 0.25) is 0 Å². The average molecular weight is 246 g/mol. The second kappa shape index (κ2) is 4.98. The van der Waals surface area contributed by atoms with Gasteiger partial charge in [-0.1, -0.05) is 0 Å². The number of pyridine rings is 1. The van der Waals surface area contributed by atoms with Crippen molar-refractivity contribution in [3.05, 3.63) is 51.0 Å². The van der Waals surface area contributed by atoms with Gasteiger partial charge in [0.05, 0.1) is 6.04 Å². The maximum absolute atomic E-state index is 4.43. The fraction of sp³-hybridized carbons (Fsp3) is 0.357. The highest BCUT2D eigenvalue weighted by Gasteiger charge is 2.16. The van der Waals surface area contributed by atoms with Crippen molar-refractivity contribution in [1.82, 2.24) is 10.3 Å². The predicted octanol–water partition coefficient (Wildman–Crippen LogP) is 3.38. The number of nitrogens with one attached hydrogen (secondary N) is 1. The molecule has 0 aromatic carbocycles. The summed E-state index contributed by atoms with van der Waals surface area (Å²) in [5.41, 5.74) is 4.80. The van der Waals surface area contributed by atoms with E-state index in [4.69, 9.17) is 0 Å². The molecule has 0 saturated heterocycles. The van der Waals surface area contributed by atoms with Crippen LogP contribution in [0.2, 0.25) is 0 Å². The van der Waals surface area contributed by atoms with Crippen LogP contribution in [0.1, 0.15) is 33.4 Å². The highest BCUT2D eigenvalue weighted by atomic mass is 32.1. The molecule has 2 aromatic heterocycles. The summed E-state index contributed by atoms with van der Waals surface area (Å²) in [4.78, 5) is 5.82. The highest BCUT2D eigenvalue weighted by Crippen LogP contribution is 2.29. The SMILES string of the molecule is CNC(c1cc(C)nc(C)c1)c1sccc1C. The molecule has 0 saturated carbocycles. The molecule has 2 rings (SSSR count). The third kappa shape index (κ3) is 2.56. The molecule has 3 heteroatoms. The highest BCUT2D eigenvalue weighted by molar-refractivity contribution is 7.10. The van der Waals surface area contributed by atoms with Gasteiger partial charge in [0.15, 0.2) is 0 Å². The Bertz CT molecular complexity index is 496. The van der Waals surface area contributed by atoms with E-state index in [0.717, 1.165) is 11.4 Å². The summed E-state index contributed by atoms with van der Waals surface area (Å²) in [6.45, 7) is 6.26.